The highest BCUT2D eigenvalue weighted by Gasteiger charge is 2.48. The SMILES string of the molecule is CC1CCC(C(C)C)C(NCCN=[N+]=[N-])(C(N)=O)C1. The van der Waals surface area contributed by atoms with Crippen molar-refractivity contribution in [2.24, 2.45) is 28.6 Å². The van der Waals surface area contributed by atoms with Crippen LogP contribution in [-0.4, -0.2) is 24.5 Å². The Kier molecular flexibility index (Phi) is 5.63. The minimum Gasteiger partial charge on any atom is -0.368 e. The quantitative estimate of drug-likeness (QED) is 0.333. The fourth-order valence-corrected chi connectivity index (χ4v) is 3.36. The largest absolute Gasteiger partial charge is 0.368 e. The second-order valence-corrected chi connectivity index (χ2v) is 5.95. The van der Waals surface area contributed by atoms with Crippen LogP contribution in [0.15, 0.2) is 5.11 Å². The fraction of sp³-hybridized carbons (Fsp3) is 0.923. The summed E-state index contributed by atoms with van der Waals surface area (Å²) in [6.07, 6.45) is 2.91. The van der Waals surface area contributed by atoms with E-state index in [-0.39, 0.29) is 11.8 Å². The predicted molar refractivity (Wildman–Crippen MR) is 75.3 cm³/mol. The minimum absolute atomic E-state index is 0.243. The van der Waals surface area contributed by atoms with Gasteiger partial charge in [-0.2, -0.15) is 0 Å². The highest BCUT2D eigenvalue weighted by molar-refractivity contribution is 5.85. The molecule has 0 saturated heterocycles. The fourth-order valence-electron chi connectivity index (χ4n) is 3.36. The first-order valence-corrected chi connectivity index (χ1v) is 6.99. The summed E-state index contributed by atoms with van der Waals surface area (Å²) in [5.41, 5.74) is 13.3. The number of nitrogens with two attached hydrogens (primary N) is 1. The second-order valence-electron chi connectivity index (χ2n) is 5.95. The molecule has 0 aromatic rings. The molecule has 0 bridgehead atoms. The summed E-state index contributed by atoms with van der Waals surface area (Å²) in [6.45, 7) is 7.25. The highest BCUT2D eigenvalue weighted by atomic mass is 16.1. The molecule has 1 amide bonds. The molecule has 3 N–H and O–H groups in total. The van der Waals surface area contributed by atoms with Crippen LogP contribution in [0.25, 0.3) is 10.4 Å². The van der Waals surface area contributed by atoms with E-state index in [0.717, 1.165) is 19.3 Å². The summed E-state index contributed by atoms with van der Waals surface area (Å²) in [5, 5.41) is 6.79. The Bertz CT molecular complexity index is 364. The van der Waals surface area contributed by atoms with E-state index in [0.29, 0.717) is 24.9 Å². The number of amides is 1. The van der Waals surface area contributed by atoms with Gasteiger partial charge >= 0.3 is 0 Å². The Balaban J connectivity index is 2.90. The van der Waals surface area contributed by atoms with Crippen molar-refractivity contribution < 1.29 is 4.79 Å². The van der Waals surface area contributed by atoms with Gasteiger partial charge in [0.25, 0.3) is 0 Å². The van der Waals surface area contributed by atoms with Crippen molar-refractivity contribution in [3.8, 4) is 0 Å². The lowest BCUT2D eigenvalue weighted by Gasteiger charge is -2.46. The summed E-state index contributed by atoms with van der Waals surface area (Å²) in [4.78, 5) is 14.8. The van der Waals surface area contributed by atoms with Crippen LogP contribution < -0.4 is 11.1 Å². The van der Waals surface area contributed by atoms with Crippen LogP contribution in [0.5, 0.6) is 0 Å². The number of azide groups is 1. The zero-order valence-electron chi connectivity index (χ0n) is 12.1. The standard InChI is InChI=1S/C13H25N5O/c1-9(2)11-5-4-10(3)8-13(11,12(14)19)16-6-7-17-18-15/h9-11,16H,4-8H2,1-3H3,(H2,14,19). The van der Waals surface area contributed by atoms with Gasteiger partial charge < -0.3 is 11.1 Å². The van der Waals surface area contributed by atoms with E-state index in [4.69, 9.17) is 11.3 Å². The zero-order valence-corrected chi connectivity index (χ0v) is 12.1. The van der Waals surface area contributed by atoms with E-state index >= 15 is 0 Å². The number of nitrogens with one attached hydrogen (secondary N) is 1. The topological polar surface area (TPSA) is 104 Å². The Labute approximate surface area is 114 Å². The molecule has 0 aromatic carbocycles. The van der Waals surface area contributed by atoms with Crippen molar-refractivity contribution in [3.63, 3.8) is 0 Å². The van der Waals surface area contributed by atoms with E-state index in [1.54, 1.807) is 0 Å². The molecule has 1 fully saturated rings. The summed E-state index contributed by atoms with van der Waals surface area (Å²) in [5.74, 6) is 0.840. The lowest BCUT2D eigenvalue weighted by atomic mass is 9.64. The lowest BCUT2D eigenvalue weighted by molar-refractivity contribution is -0.130. The van der Waals surface area contributed by atoms with Crippen LogP contribution in [0.4, 0.5) is 0 Å². The monoisotopic (exact) mass is 267 g/mol. The summed E-state index contributed by atoms with van der Waals surface area (Å²) < 4.78 is 0. The molecule has 1 rings (SSSR count). The van der Waals surface area contributed by atoms with Crippen molar-refractivity contribution in [2.75, 3.05) is 13.1 Å². The Morgan fingerprint density at radius 3 is 2.79 bits per heavy atom. The molecular weight excluding hydrogens is 242 g/mol. The molecule has 3 unspecified atom stereocenters. The van der Waals surface area contributed by atoms with Gasteiger partial charge in [-0.05, 0) is 36.1 Å². The molecule has 0 aromatic heterocycles. The van der Waals surface area contributed by atoms with E-state index in [1.165, 1.54) is 0 Å². The molecule has 0 spiro atoms. The number of carbonyl (C=O) groups is 1. The summed E-state index contributed by atoms with van der Waals surface area (Å²) in [6, 6.07) is 0. The first kappa shape index (κ1) is 15.8. The number of hydrogen-bond acceptors (Lipinski definition) is 3. The average molecular weight is 267 g/mol. The molecule has 0 radical (unpaired) electrons. The van der Waals surface area contributed by atoms with Gasteiger partial charge in [0.2, 0.25) is 5.91 Å². The number of hydrogen-bond donors (Lipinski definition) is 2. The molecule has 3 atom stereocenters. The van der Waals surface area contributed by atoms with Gasteiger partial charge in [-0.25, -0.2) is 0 Å². The van der Waals surface area contributed by atoms with Crippen molar-refractivity contribution in [1.82, 2.24) is 5.32 Å². The van der Waals surface area contributed by atoms with Crippen molar-refractivity contribution in [3.05, 3.63) is 10.4 Å². The van der Waals surface area contributed by atoms with Gasteiger partial charge in [-0.15, -0.1) is 0 Å². The molecule has 1 saturated carbocycles. The minimum atomic E-state index is -0.656. The van der Waals surface area contributed by atoms with Crippen LogP contribution in [-0.2, 0) is 4.79 Å². The van der Waals surface area contributed by atoms with Gasteiger partial charge in [0.1, 0.15) is 5.54 Å². The van der Waals surface area contributed by atoms with Crippen molar-refractivity contribution >= 4 is 5.91 Å². The van der Waals surface area contributed by atoms with Crippen molar-refractivity contribution in [2.45, 2.75) is 45.6 Å². The number of rotatable bonds is 6. The first-order valence-electron chi connectivity index (χ1n) is 6.99. The smallest absolute Gasteiger partial charge is 0.238 e. The predicted octanol–water partition coefficient (Wildman–Crippen LogP) is 2.20. The Morgan fingerprint density at radius 2 is 2.26 bits per heavy atom. The first-order chi connectivity index (χ1) is 8.94. The van der Waals surface area contributed by atoms with Gasteiger partial charge in [-0.1, -0.05) is 32.3 Å². The molecule has 1 aliphatic rings. The molecule has 19 heavy (non-hydrogen) atoms. The molecule has 108 valence electrons. The van der Waals surface area contributed by atoms with Gasteiger partial charge in [0.15, 0.2) is 0 Å². The third kappa shape index (κ3) is 3.61. The van der Waals surface area contributed by atoms with Gasteiger partial charge in [0.05, 0.1) is 0 Å². The summed E-state index contributed by atoms with van der Waals surface area (Å²) >= 11 is 0. The van der Waals surface area contributed by atoms with Crippen molar-refractivity contribution in [1.29, 1.82) is 0 Å². The molecule has 6 nitrogen and oxygen atoms in total. The summed E-state index contributed by atoms with van der Waals surface area (Å²) in [7, 11) is 0. The van der Waals surface area contributed by atoms with Crippen LogP contribution in [0, 0.1) is 17.8 Å². The third-order valence-electron chi connectivity index (χ3n) is 4.23. The molecular formula is C13H25N5O. The molecule has 1 aliphatic carbocycles. The maximum Gasteiger partial charge on any atom is 0.238 e. The number of carbonyl (C=O) groups excluding carboxylic acids is 1. The maximum atomic E-state index is 12.1. The van der Waals surface area contributed by atoms with E-state index in [2.05, 4.69) is 36.1 Å². The van der Waals surface area contributed by atoms with Crippen LogP contribution >= 0.6 is 0 Å². The Hall–Kier alpha value is -1.26. The highest BCUT2D eigenvalue weighted by Crippen LogP contribution is 2.40. The zero-order chi connectivity index (χ0) is 14.5. The third-order valence-corrected chi connectivity index (χ3v) is 4.23. The Morgan fingerprint density at radius 1 is 1.58 bits per heavy atom. The van der Waals surface area contributed by atoms with E-state index in [9.17, 15) is 4.79 Å². The van der Waals surface area contributed by atoms with Crippen LogP contribution in [0.2, 0.25) is 0 Å². The molecule has 0 aliphatic heterocycles. The van der Waals surface area contributed by atoms with Crippen LogP contribution in [0.3, 0.4) is 0 Å². The lowest BCUT2D eigenvalue weighted by Crippen LogP contribution is -2.64. The van der Waals surface area contributed by atoms with E-state index < -0.39 is 5.54 Å². The van der Waals surface area contributed by atoms with E-state index in [1.807, 2.05) is 0 Å². The number of primary amides is 1. The van der Waals surface area contributed by atoms with Gasteiger partial charge in [-0.3, -0.25) is 4.79 Å². The normalized spacial score (nSPS) is 30.9. The van der Waals surface area contributed by atoms with Crippen LogP contribution in [0.1, 0.15) is 40.0 Å². The maximum absolute atomic E-state index is 12.1. The number of nitrogens with zero attached hydrogens (tertiary/aromatic N) is 3. The van der Waals surface area contributed by atoms with Gasteiger partial charge in [0, 0.05) is 18.0 Å². The molecule has 6 heteroatoms. The molecule has 0 heterocycles. The average Bonchev–Trinajstić information content (AvgIpc) is 2.34. The second kappa shape index (κ2) is 6.78.